The minimum atomic E-state index is -0.381. The maximum absolute atomic E-state index is 11.5. The number of carbonyl (C=O) groups excluding carboxylic acids is 1. The number of para-hydroxylation sites is 2. The molecule has 1 aromatic heterocycles. The van der Waals surface area contributed by atoms with E-state index in [1.165, 1.54) is 7.11 Å². The first-order chi connectivity index (χ1) is 15.1. The highest BCUT2D eigenvalue weighted by molar-refractivity contribution is 5.89. The van der Waals surface area contributed by atoms with E-state index >= 15 is 0 Å². The fourth-order valence-electron chi connectivity index (χ4n) is 3.08. The normalized spacial score (nSPS) is 13.3. The van der Waals surface area contributed by atoms with Gasteiger partial charge in [-0.15, -0.1) is 0 Å². The molecule has 0 unspecified atom stereocenters. The summed E-state index contributed by atoms with van der Waals surface area (Å²) in [6, 6.07) is 16.7. The van der Waals surface area contributed by atoms with Crippen LogP contribution in [0.4, 0.5) is 11.6 Å². The van der Waals surface area contributed by atoms with Gasteiger partial charge in [0.2, 0.25) is 11.8 Å². The number of aromatic nitrogens is 2. The van der Waals surface area contributed by atoms with Crippen molar-refractivity contribution >= 4 is 23.2 Å². The molecule has 1 aliphatic rings. The van der Waals surface area contributed by atoms with Crippen LogP contribution in [0.15, 0.2) is 60.6 Å². The van der Waals surface area contributed by atoms with Crippen LogP contribution in [0, 0.1) is 18.3 Å². The molecule has 0 saturated carbocycles. The Kier molecular flexibility index (Phi) is 5.49. The predicted octanol–water partition coefficient (Wildman–Crippen LogP) is 3.88. The Labute approximate surface area is 179 Å². The summed E-state index contributed by atoms with van der Waals surface area (Å²) < 4.78 is 10.5. The average molecular weight is 413 g/mol. The summed E-state index contributed by atoms with van der Waals surface area (Å²) in [7, 11) is 1.35. The number of ether oxygens (including phenoxy) is 2. The Morgan fingerprint density at radius 3 is 2.71 bits per heavy atom. The summed E-state index contributed by atoms with van der Waals surface area (Å²) >= 11 is 0. The minimum absolute atomic E-state index is 0.293. The van der Waals surface area contributed by atoms with Crippen LogP contribution >= 0.6 is 0 Å². The zero-order valence-electron chi connectivity index (χ0n) is 17.0. The lowest BCUT2D eigenvalue weighted by Gasteiger charge is -2.10. The van der Waals surface area contributed by atoms with Crippen LogP contribution in [0.25, 0.3) is 5.57 Å². The summed E-state index contributed by atoms with van der Waals surface area (Å²) in [6.45, 7) is 2.28. The Bertz CT molecular complexity index is 1190. The molecule has 1 aliphatic heterocycles. The average Bonchev–Trinajstić information content (AvgIpc) is 3.23. The SMILES string of the molecule is COC(=O)c1ccc(CNc2ncc(C)c(/C(C#N)=C3/Nc4ccccc4O3)n2)cc1. The molecule has 4 rings (SSSR count). The van der Waals surface area contributed by atoms with E-state index in [1.807, 2.05) is 43.3 Å². The number of rotatable bonds is 5. The second-order valence-electron chi connectivity index (χ2n) is 6.81. The van der Waals surface area contributed by atoms with E-state index in [-0.39, 0.29) is 5.97 Å². The molecule has 0 saturated heterocycles. The monoisotopic (exact) mass is 413 g/mol. The number of nitrogens with one attached hydrogen (secondary N) is 2. The molecule has 0 aliphatic carbocycles. The molecule has 8 heteroatoms. The lowest BCUT2D eigenvalue weighted by Crippen LogP contribution is -2.09. The van der Waals surface area contributed by atoms with Gasteiger partial charge in [0.15, 0.2) is 5.75 Å². The Morgan fingerprint density at radius 1 is 1.23 bits per heavy atom. The van der Waals surface area contributed by atoms with Crippen LogP contribution in [0.1, 0.15) is 27.2 Å². The summed E-state index contributed by atoms with van der Waals surface area (Å²) in [5.41, 5.74) is 3.74. The van der Waals surface area contributed by atoms with Gasteiger partial charge in [0.25, 0.3) is 0 Å². The fourth-order valence-corrected chi connectivity index (χ4v) is 3.08. The Balaban J connectivity index is 1.54. The van der Waals surface area contributed by atoms with Crippen molar-refractivity contribution in [3.05, 3.63) is 83.0 Å². The molecule has 0 fully saturated rings. The number of methoxy groups -OCH3 is 1. The Hall–Kier alpha value is -4.38. The van der Waals surface area contributed by atoms with Gasteiger partial charge in [-0.25, -0.2) is 14.8 Å². The van der Waals surface area contributed by atoms with E-state index in [9.17, 15) is 10.1 Å². The van der Waals surface area contributed by atoms with Crippen LogP contribution in [0.3, 0.4) is 0 Å². The van der Waals surface area contributed by atoms with Gasteiger partial charge in [-0.2, -0.15) is 5.26 Å². The molecule has 2 N–H and O–H groups in total. The maximum Gasteiger partial charge on any atom is 0.337 e. The van der Waals surface area contributed by atoms with Crippen molar-refractivity contribution in [3.8, 4) is 11.8 Å². The fraction of sp³-hybridized carbons (Fsp3) is 0.130. The van der Waals surface area contributed by atoms with E-state index in [0.717, 1.165) is 16.8 Å². The first-order valence-corrected chi connectivity index (χ1v) is 9.52. The highest BCUT2D eigenvalue weighted by Crippen LogP contribution is 2.35. The van der Waals surface area contributed by atoms with Crippen molar-refractivity contribution in [1.29, 1.82) is 5.26 Å². The number of fused-ring (bicyclic) bond motifs is 1. The van der Waals surface area contributed by atoms with Crippen molar-refractivity contribution in [2.75, 3.05) is 17.7 Å². The summed E-state index contributed by atoms with van der Waals surface area (Å²) in [5, 5.41) is 16.1. The number of hydrogen-bond acceptors (Lipinski definition) is 8. The second-order valence-corrected chi connectivity index (χ2v) is 6.81. The van der Waals surface area contributed by atoms with Crippen LogP contribution < -0.4 is 15.4 Å². The predicted molar refractivity (Wildman–Crippen MR) is 115 cm³/mol. The van der Waals surface area contributed by atoms with Gasteiger partial charge in [0.1, 0.15) is 11.6 Å². The van der Waals surface area contributed by atoms with Gasteiger partial charge in [0, 0.05) is 12.7 Å². The smallest absolute Gasteiger partial charge is 0.337 e. The molecule has 154 valence electrons. The van der Waals surface area contributed by atoms with Crippen molar-refractivity contribution in [1.82, 2.24) is 9.97 Å². The Morgan fingerprint density at radius 2 is 2.00 bits per heavy atom. The number of aryl methyl sites for hydroxylation is 1. The number of hydrogen-bond donors (Lipinski definition) is 2. The molecule has 0 amide bonds. The van der Waals surface area contributed by atoms with Crippen molar-refractivity contribution in [2.24, 2.45) is 0 Å². The molecule has 0 radical (unpaired) electrons. The van der Waals surface area contributed by atoms with Gasteiger partial charge < -0.3 is 20.1 Å². The number of allylic oxidation sites excluding steroid dienone is 1. The molecular weight excluding hydrogens is 394 g/mol. The second kappa shape index (κ2) is 8.55. The first-order valence-electron chi connectivity index (χ1n) is 9.52. The summed E-state index contributed by atoms with van der Waals surface area (Å²) in [4.78, 5) is 20.4. The number of carbonyl (C=O) groups is 1. The van der Waals surface area contributed by atoms with E-state index in [0.29, 0.717) is 41.0 Å². The molecule has 2 heterocycles. The van der Waals surface area contributed by atoms with Crippen LogP contribution in [-0.4, -0.2) is 23.0 Å². The van der Waals surface area contributed by atoms with Gasteiger partial charge >= 0.3 is 5.97 Å². The largest absolute Gasteiger partial charge is 0.465 e. The quantitative estimate of drug-likeness (QED) is 0.479. The van der Waals surface area contributed by atoms with Crippen LogP contribution in [0.2, 0.25) is 0 Å². The number of esters is 1. The highest BCUT2D eigenvalue weighted by Gasteiger charge is 2.23. The van der Waals surface area contributed by atoms with Crippen LogP contribution in [-0.2, 0) is 11.3 Å². The topological polar surface area (TPSA) is 109 Å². The summed E-state index contributed by atoms with van der Waals surface area (Å²) in [5.74, 6) is 0.995. The van der Waals surface area contributed by atoms with E-state index in [1.54, 1.807) is 18.3 Å². The van der Waals surface area contributed by atoms with Crippen molar-refractivity contribution in [2.45, 2.75) is 13.5 Å². The van der Waals surface area contributed by atoms with E-state index in [4.69, 9.17) is 9.47 Å². The zero-order valence-corrected chi connectivity index (χ0v) is 17.0. The molecule has 2 aromatic carbocycles. The van der Waals surface area contributed by atoms with Gasteiger partial charge in [-0.05, 0) is 42.3 Å². The van der Waals surface area contributed by atoms with Gasteiger partial charge in [0.05, 0.1) is 24.1 Å². The molecule has 0 spiro atoms. The molecule has 0 atom stereocenters. The zero-order chi connectivity index (χ0) is 21.8. The molecule has 0 bridgehead atoms. The molecule has 8 nitrogen and oxygen atoms in total. The lowest BCUT2D eigenvalue weighted by molar-refractivity contribution is 0.0600. The third-order valence-electron chi connectivity index (χ3n) is 4.72. The number of nitrogens with zero attached hydrogens (tertiary/aromatic N) is 3. The van der Waals surface area contributed by atoms with Gasteiger partial charge in [-0.1, -0.05) is 24.3 Å². The number of anilines is 2. The third kappa shape index (κ3) is 4.16. The van der Waals surface area contributed by atoms with Crippen molar-refractivity contribution in [3.63, 3.8) is 0 Å². The molecular formula is C23H19N5O3. The number of nitriles is 1. The standard InChI is InChI=1S/C23H19N5O3/c1-14-12-25-23(26-13-15-7-9-16(10-8-15)22(29)30-2)28-20(14)17(11-24)21-27-18-5-3-4-6-19(18)31-21/h3-10,12,27H,13H2,1-2H3,(H,25,26,28)/b21-17-. The van der Waals surface area contributed by atoms with E-state index < -0.39 is 0 Å². The first kappa shape index (κ1) is 19.9. The van der Waals surface area contributed by atoms with Crippen LogP contribution in [0.5, 0.6) is 5.75 Å². The lowest BCUT2D eigenvalue weighted by atomic mass is 10.1. The third-order valence-corrected chi connectivity index (χ3v) is 4.72. The number of benzene rings is 2. The van der Waals surface area contributed by atoms with Crippen molar-refractivity contribution < 1.29 is 14.3 Å². The summed E-state index contributed by atoms with van der Waals surface area (Å²) in [6.07, 6.45) is 1.66. The highest BCUT2D eigenvalue weighted by atomic mass is 16.5. The maximum atomic E-state index is 11.5. The molecule has 31 heavy (non-hydrogen) atoms. The van der Waals surface area contributed by atoms with Gasteiger partial charge in [-0.3, -0.25) is 0 Å². The molecule has 3 aromatic rings. The van der Waals surface area contributed by atoms with E-state index in [2.05, 4.69) is 26.7 Å². The minimum Gasteiger partial charge on any atom is -0.465 e.